The summed E-state index contributed by atoms with van der Waals surface area (Å²) in [6.07, 6.45) is 9.40. The largest absolute Gasteiger partial charge is 0.381 e. The Morgan fingerprint density at radius 3 is 2.71 bits per heavy atom. The Balaban J connectivity index is 1.34. The number of hydrogen-bond donors (Lipinski definition) is 3. The van der Waals surface area contributed by atoms with Crippen molar-refractivity contribution in [2.45, 2.75) is 89.3 Å². The van der Waals surface area contributed by atoms with E-state index in [0.29, 0.717) is 25.0 Å². The molecule has 3 aliphatic heterocycles. The van der Waals surface area contributed by atoms with E-state index in [1.165, 1.54) is 12.8 Å². The van der Waals surface area contributed by atoms with Gasteiger partial charge in [0, 0.05) is 20.2 Å². The molecule has 5 unspecified atom stereocenters. The zero-order valence-electron chi connectivity index (χ0n) is 19.2. The van der Waals surface area contributed by atoms with Crippen molar-refractivity contribution in [3.63, 3.8) is 0 Å². The second-order valence-corrected chi connectivity index (χ2v) is 9.88. The molecule has 8 nitrogen and oxygen atoms in total. The Hall–Kier alpha value is -1.22. The maximum Gasteiger partial charge on any atom is 0.229 e. The molecule has 1 aliphatic carbocycles. The number of likely N-dealkylation sites (tertiary alicyclic amines) is 1. The monoisotopic (exact) mass is 435 g/mol. The van der Waals surface area contributed by atoms with Gasteiger partial charge in [-0.1, -0.05) is 6.92 Å². The van der Waals surface area contributed by atoms with Crippen LogP contribution >= 0.6 is 0 Å². The van der Waals surface area contributed by atoms with Gasteiger partial charge in [-0.25, -0.2) is 0 Å². The average molecular weight is 436 g/mol. The third-order valence-electron chi connectivity index (χ3n) is 8.19. The first kappa shape index (κ1) is 23.0. The fraction of sp³-hybridized carbons (Fsp3) is 0.913. The van der Waals surface area contributed by atoms with Crippen molar-refractivity contribution in [3.05, 3.63) is 0 Å². The first-order valence-corrected chi connectivity index (χ1v) is 12.4. The van der Waals surface area contributed by atoms with Crippen molar-refractivity contribution < 1.29 is 14.3 Å². The first-order chi connectivity index (χ1) is 15.0. The normalized spacial score (nSPS) is 39.0. The molecule has 4 rings (SSSR count). The molecule has 2 amide bonds. The lowest BCUT2D eigenvalue weighted by atomic mass is 9.80. The number of nitrogens with one attached hydrogen (secondary N) is 2. The molecule has 3 saturated heterocycles. The van der Waals surface area contributed by atoms with Gasteiger partial charge in [0.1, 0.15) is 0 Å². The average Bonchev–Trinajstić information content (AvgIpc) is 2.79. The fourth-order valence-corrected chi connectivity index (χ4v) is 6.27. The van der Waals surface area contributed by atoms with Crippen LogP contribution in [-0.4, -0.2) is 73.0 Å². The molecule has 0 aromatic carbocycles. The van der Waals surface area contributed by atoms with Crippen LogP contribution in [0.2, 0.25) is 0 Å². The summed E-state index contributed by atoms with van der Waals surface area (Å²) in [5, 5.41) is 6.83. The molecular formula is C23H41N5O3. The quantitative estimate of drug-likeness (QED) is 0.580. The second kappa shape index (κ2) is 10.1. The van der Waals surface area contributed by atoms with Gasteiger partial charge in [-0.3, -0.25) is 19.8 Å². The first-order valence-electron chi connectivity index (χ1n) is 12.4. The van der Waals surface area contributed by atoms with Gasteiger partial charge in [-0.05, 0) is 70.3 Å². The van der Waals surface area contributed by atoms with Gasteiger partial charge in [-0.15, -0.1) is 0 Å². The Kier molecular flexibility index (Phi) is 7.52. The molecule has 0 radical (unpaired) electrons. The van der Waals surface area contributed by atoms with Crippen LogP contribution in [0, 0.1) is 17.8 Å². The molecule has 8 heteroatoms. The number of fused-ring (bicyclic) bond motifs is 2. The summed E-state index contributed by atoms with van der Waals surface area (Å²) in [6.45, 7) is 4.29. The van der Waals surface area contributed by atoms with Crippen LogP contribution in [0.15, 0.2) is 0 Å². The van der Waals surface area contributed by atoms with E-state index in [2.05, 4.69) is 22.5 Å². The van der Waals surface area contributed by atoms with Crippen molar-refractivity contribution in [2.75, 3.05) is 26.7 Å². The lowest BCUT2D eigenvalue weighted by Crippen LogP contribution is -2.74. The van der Waals surface area contributed by atoms with Crippen LogP contribution in [0.4, 0.5) is 0 Å². The van der Waals surface area contributed by atoms with Crippen molar-refractivity contribution in [1.29, 1.82) is 0 Å². The number of carbonyl (C=O) groups is 2. The molecule has 0 spiro atoms. The van der Waals surface area contributed by atoms with Crippen molar-refractivity contribution in [1.82, 2.24) is 20.4 Å². The van der Waals surface area contributed by atoms with Gasteiger partial charge in [-0.2, -0.15) is 0 Å². The van der Waals surface area contributed by atoms with Gasteiger partial charge >= 0.3 is 0 Å². The van der Waals surface area contributed by atoms with Gasteiger partial charge in [0.25, 0.3) is 0 Å². The molecule has 0 aromatic rings. The highest BCUT2D eigenvalue weighted by atomic mass is 16.5. The fourth-order valence-electron chi connectivity index (χ4n) is 6.27. The van der Waals surface area contributed by atoms with Gasteiger partial charge in [0.05, 0.1) is 36.4 Å². The van der Waals surface area contributed by atoms with Crippen LogP contribution in [-0.2, 0) is 14.3 Å². The number of piperidine rings is 2. The number of nitrogens with zero attached hydrogens (tertiary/aromatic N) is 2. The molecule has 0 aromatic heterocycles. The van der Waals surface area contributed by atoms with Crippen LogP contribution in [0.5, 0.6) is 0 Å². The Morgan fingerprint density at radius 2 is 2.00 bits per heavy atom. The summed E-state index contributed by atoms with van der Waals surface area (Å²) in [5.74, 6) is 0.310. The number of rotatable bonds is 6. The molecule has 3 heterocycles. The van der Waals surface area contributed by atoms with Gasteiger partial charge in [0.2, 0.25) is 11.8 Å². The number of nitrogens with two attached hydrogens (primary N) is 1. The Morgan fingerprint density at radius 1 is 1.23 bits per heavy atom. The standard InChI is InChI=1S/C23H41N5O3/c1-3-27-20(24)17(22(29)25-12-11-15-7-9-16(31-2)10-8-15)14-18-21(27)26-19-6-4-5-13-28(19)23(18)30/h15-21,26H,3-14,24H2,1-2H3,(H,25,29). The maximum atomic E-state index is 13.3. The topological polar surface area (TPSA) is 99.9 Å². The van der Waals surface area contributed by atoms with Crippen LogP contribution in [0.3, 0.4) is 0 Å². The second-order valence-electron chi connectivity index (χ2n) is 9.88. The van der Waals surface area contributed by atoms with Crippen LogP contribution in [0.25, 0.3) is 0 Å². The van der Waals surface area contributed by atoms with Crippen molar-refractivity contribution in [3.8, 4) is 0 Å². The molecular weight excluding hydrogens is 394 g/mol. The van der Waals surface area contributed by atoms with Crippen LogP contribution in [0.1, 0.15) is 64.7 Å². The molecule has 4 fully saturated rings. The lowest BCUT2D eigenvalue weighted by molar-refractivity contribution is -0.162. The summed E-state index contributed by atoms with van der Waals surface area (Å²) in [5.41, 5.74) is 6.59. The van der Waals surface area contributed by atoms with Crippen molar-refractivity contribution in [2.24, 2.45) is 23.5 Å². The van der Waals surface area contributed by atoms with E-state index in [1.54, 1.807) is 7.11 Å². The highest BCUT2D eigenvalue weighted by Crippen LogP contribution is 2.36. The smallest absolute Gasteiger partial charge is 0.229 e. The number of methoxy groups -OCH3 is 1. The number of hydrogen-bond acceptors (Lipinski definition) is 6. The Bertz CT molecular complexity index is 639. The maximum absolute atomic E-state index is 13.3. The zero-order chi connectivity index (χ0) is 22.0. The summed E-state index contributed by atoms with van der Waals surface area (Å²) < 4.78 is 5.45. The van der Waals surface area contributed by atoms with Gasteiger partial charge in [0.15, 0.2) is 0 Å². The van der Waals surface area contributed by atoms with E-state index in [9.17, 15) is 9.59 Å². The third kappa shape index (κ3) is 4.77. The summed E-state index contributed by atoms with van der Waals surface area (Å²) >= 11 is 0. The van der Waals surface area contributed by atoms with E-state index in [1.807, 2.05) is 4.90 Å². The summed E-state index contributed by atoms with van der Waals surface area (Å²) in [4.78, 5) is 30.5. The predicted molar refractivity (Wildman–Crippen MR) is 119 cm³/mol. The third-order valence-corrected chi connectivity index (χ3v) is 8.19. The van der Waals surface area contributed by atoms with E-state index in [4.69, 9.17) is 10.5 Å². The van der Waals surface area contributed by atoms with E-state index >= 15 is 0 Å². The Labute approximate surface area is 186 Å². The highest BCUT2D eigenvalue weighted by Gasteiger charge is 2.51. The minimum Gasteiger partial charge on any atom is -0.381 e. The SMILES string of the molecule is CCN1C(N)C(C(=O)NCCC2CCC(OC)CC2)CC2C(=O)N3CCCCC3NC21. The predicted octanol–water partition coefficient (Wildman–Crippen LogP) is 1.21. The molecule has 1 saturated carbocycles. The lowest BCUT2D eigenvalue weighted by Gasteiger charge is -2.55. The van der Waals surface area contributed by atoms with Crippen LogP contribution < -0.4 is 16.4 Å². The van der Waals surface area contributed by atoms with Crippen molar-refractivity contribution >= 4 is 11.8 Å². The number of amides is 2. The minimum absolute atomic E-state index is 0.00328. The molecule has 5 atom stereocenters. The number of carbonyl (C=O) groups excluding carboxylic acids is 2. The van der Waals surface area contributed by atoms with E-state index in [-0.39, 0.29) is 42.1 Å². The molecule has 176 valence electrons. The zero-order valence-corrected chi connectivity index (χ0v) is 19.2. The molecule has 4 aliphatic rings. The minimum atomic E-state index is -0.362. The van der Waals surface area contributed by atoms with E-state index < -0.39 is 0 Å². The highest BCUT2D eigenvalue weighted by molar-refractivity contribution is 5.84. The summed E-state index contributed by atoms with van der Waals surface area (Å²) in [6, 6.07) is 0. The summed E-state index contributed by atoms with van der Waals surface area (Å²) in [7, 11) is 1.79. The molecule has 0 bridgehead atoms. The van der Waals surface area contributed by atoms with E-state index in [0.717, 1.165) is 51.6 Å². The van der Waals surface area contributed by atoms with Gasteiger partial charge < -0.3 is 20.7 Å². The number of ether oxygens (including phenoxy) is 1. The molecule has 4 N–H and O–H groups in total. The molecule has 31 heavy (non-hydrogen) atoms.